The summed E-state index contributed by atoms with van der Waals surface area (Å²) in [4.78, 5) is 25.5. The maximum absolute atomic E-state index is 12.5. The molecule has 2 rings (SSSR count). The standard InChI is InChI=1S/C16H19Cl2NO3/c1-11(20)22-15-10-12(18)9-14(15)19(16(21)7-8-17)13-5-3-2-4-6-13/h2-6,12,14-15H,7-10H2,1H3/t12?,14-,15-/m1/s1. The lowest BCUT2D eigenvalue weighted by Crippen LogP contribution is -2.46. The summed E-state index contributed by atoms with van der Waals surface area (Å²) in [5, 5.41) is -0.121. The number of benzene rings is 1. The molecular weight excluding hydrogens is 325 g/mol. The van der Waals surface area contributed by atoms with Crippen LogP contribution in [0.3, 0.4) is 0 Å². The van der Waals surface area contributed by atoms with Crippen LogP contribution in [0.4, 0.5) is 5.69 Å². The first-order valence-corrected chi connectivity index (χ1v) is 8.24. The summed E-state index contributed by atoms with van der Waals surface area (Å²) in [5.74, 6) is -0.204. The number of carbonyl (C=O) groups is 2. The van der Waals surface area contributed by atoms with Gasteiger partial charge in [-0.2, -0.15) is 0 Å². The Morgan fingerprint density at radius 1 is 1.27 bits per heavy atom. The average Bonchev–Trinajstić information content (AvgIpc) is 2.80. The van der Waals surface area contributed by atoms with Gasteiger partial charge in [-0.15, -0.1) is 23.2 Å². The number of amides is 1. The molecule has 1 aliphatic carbocycles. The van der Waals surface area contributed by atoms with E-state index in [1.807, 2.05) is 30.3 Å². The molecule has 120 valence electrons. The van der Waals surface area contributed by atoms with E-state index in [0.29, 0.717) is 12.8 Å². The molecule has 0 aliphatic heterocycles. The molecule has 3 atom stereocenters. The Bertz CT molecular complexity index is 523. The van der Waals surface area contributed by atoms with Crippen molar-refractivity contribution in [3.05, 3.63) is 30.3 Å². The molecule has 6 heteroatoms. The second kappa shape index (κ2) is 7.84. The smallest absolute Gasteiger partial charge is 0.302 e. The number of halogens is 2. The van der Waals surface area contributed by atoms with Crippen LogP contribution in [0.1, 0.15) is 26.2 Å². The van der Waals surface area contributed by atoms with E-state index in [4.69, 9.17) is 27.9 Å². The molecule has 1 unspecified atom stereocenters. The lowest BCUT2D eigenvalue weighted by Gasteiger charge is -2.32. The van der Waals surface area contributed by atoms with Gasteiger partial charge in [-0.3, -0.25) is 9.59 Å². The Labute approximate surface area is 140 Å². The molecule has 0 spiro atoms. The fraction of sp³-hybridized carbons (Fsp3) is 0.500. The van der Waals surface area contributed by atoms with Crippen LogP contribution in [0.2, 0.25) is 0 Å². The number of hydrogen-bond donors (Lipinski definition) is 0. The third-order valence-corrected chi connectivity index (χ3v) is 4.22. The van der Waals surface area contributed by atoms with Gasteiger partial charge in [0.05, 0.1) is 6.04 Å². The average molecular weight is 344 g/mol. The third-order valence-electron chi connectivity index (χ3n) is 3.67. The number of ether oxygens (including phenoxy) is 1. The number of anilines is 1. The first-order chi connectivity index (χ1) is 10.5. The van der Waals surface area contributed by atoms with Gasteiger partial charge >= 0.3 is 5.97 Å². The molecule has 0 saturated heterocycles. The molecule has 0 aromatic heterocycles. The summed E-state index contributed by atoms with van der Waals surface area (Å²) < 4.78 is 5.37. The summed E-state index contributed by atoms with van der Waals surface area (Å²) in [6.07, 6.45) is 0.970. The van der Waals surface area contributed by atoms with Crippen molar-refractivity contribution in [1.82, 2.24) is 0 Å². The molecule has 0 N–H and O–H groups in total. The highest BCUT2D eigenvalue weighted by Crippen LogP contribution is 2.34. The normalized spacial score (nSPS) is 24.0. The lowest BCUT2D eigenvalue weighted by atomic mass is 10.1. The van der Waals surface area contributed by atoms with Gasteiger partial charge in [0.25, 0.3) is 0 Å². The molecule has 0 heterocycles. The maximum Gasteiger partial charge on any atom is 0.302 e. The van der Waals surface area contributed by atoms with Crippen LogP contribution in [-0.4, -0.2) is 35.3 Å². The van der Waals surface area contributed by atoms with Gasteiger partial charge in [0, 0.05) is 36.7 Å². The van der Waals surface area contributed by atoms with E-state index in [9.17, 15) is 9.59 Å². The molecule has 1 amide bonds. The van der Waals surface area contributed by atoms with Gasteiger partial charge in [0.1, 0.15) is 6.10 Å². The Morgan fingerprint density at radius 2 is 1.95 bits per heavy atom. The van der Waals surface area contributed by atoms with E-state index in [1.165, 1.54) is 6.92 Å². The Hall–Kier alpha value is -1.26. The fourth-order valence-corrected chi connectivity index (χ4v) is 3.36. The van der Waals surface area contributed by atoms with Crippen LogP contribution in [0.25, 0.3) is 0 Å². The number of hydrogen-bond acceptors (Lipinski definition) is 3. The third kappa shape index (κ3) is 4.14. The molecule has 4 nitrogen and oxygen atoms in total. The van der Waals surface area contributed by atoms with Crippen molar-refractivity contribution >= 4 is 40.8 Å². The van der Waals surface area contributed by atoms with E-state index >= 15 is 0 Å². The van der Waals surface area contributed by atoms with E-state index in [1.54, 1.807) is 4.90 Å². The number of nitrogens with zero attached hydrogens (tertiary/aromatic N) is 1. The lowest BCUT2D eigenvalue weighted by molar-refractivity contribution is -0.147. The molecule has 1 aromatic rings. The zero-order valence-electron chi connectivity index (χ0n) is 12.4. The second-order valence-corrected chi connectivity index (χ2v) is 6.32. The highest BCUT2D eigenvalue weighted by Gasteiger charge is 2.41. The van der Waals surface area contributed by atoms with Crippen molar-refractivity contribution in [1.29, 1.82) is 0 Å². The maximum atomic E-state index is 12.5. The second-order valence-electron chi connectivity index (χ2n) is 5.32. The zero-order chi connectivity index (χ0) is 16.1. The van der Waals surface area contributed by atoms with E-state index in [-0.39, 0.29) is 41.7 Å². The van der Waals surface area contributed by atoms with E-state index in [0.717, 1.165) is 5.69 Å². The van der Waals surface area contributed by atoms with E-state index in [2.05, 4.69) is 0 Å². The van der Waals surface area contributed by atoms with Gasteiger partial charge < -0.3 is 9.64 Å². The molecular formula is C16H19Cl2NO3. The number of alkyl halides is 2. The summed E-state index contributed by atoms with van der Waals surface area (Å²) in [6, 6.07) is 9.08. The minimum absolute atomic E-state index is 0.0888. The van der Waals surface area contributed by atoms with Gasteiger partial charge in [-0.05, 0) is 18.6 Å². The summed E-state index contributed by atoms with van der Waals surface area (Å²) in [6.45, 7) is 1.37. The topological polar surface area (TPSA) is 46.6 Å². The van der Waals surface area contributed by atoms with Crippen molar-refractivity contribution in [2.24, 2.45) is 0 Å². The fourth-order valence-electron chi connectivity index (χ4n) is 2.84. The SMILES string of the molecule is CC(=O)O[C@@H]1CC(Cl)C[C@H]1N(C(=O)CCCl)c1ccccc1. The Balaban J connectivity index is 2.30. The monoisotopic (exact) mass is 343 g/mol. The number of rotatable bonds is 5. The number of esters is 1. The van der Waals surface area contributed by atoms with Crippen LogP contribution >= 0.6 is 23.2 Å². The highest BCUT2D eigenvalue weighted by molar-refractivity contribution is 6.21. The van der Waals surface area contributed by atoms with Gasteiger partial charge in [-0.1, -0.05) is 18.2 Å². The van der Waals surface area contributed by atoms with Crippen LogP contribution in [0, 0.1) is 0 Å². The highest BCUT2D eigenvalue weighted by atomic mass is 35.5. The molecule has 1 fully saturated rings. The summed E-state index contributed by atoms with van der Waals surface area (Å²) in [7, 11) is 0. The number of para-hydroxylation sites is 1. The van der Waals surface area contributed by atoms with Crippen molar-refractivity contribution in [2.75, 3.05) is 10.8 Å². The van der Waals surface area contributed by atoms with E-state index < -0.39 is 0 Å². The molecule has 1 aliphatic rings. The zero-order valence-corrected chi connectivity index (χ0v) is 13.9. The minimum atomic E-state index is -0.389. The summed E-state index contributed by atoms with van der Waals surface area (Å²) >= 11 is 12.0. The molecule has 1 saturated carbocycles. The largest absolute Gasteiger partial charge is 0.460 e. The van der Waals surface area contributed by atoms with Crippen molar-refractivity contribution in [3.63, 3.8) is 0 Å². The molecule has 22 heavy (non-hydrogen) atoms. The molecule has 1 aromatic carbocycles. The Kier molecular flexibility index (Phi) is 6.09. The molecule has 0 radical (unpaired) electrons. The van der Waals surface area contributed by atoms with Gasteiger partial charge in [-0.25, -0.2) is 0 Å². The predicted molar refractivity (Wildman–Crippen MR) is 87.5 cm³/mol. The van der Waals surface area contributed by atoms with Gasteiger partial charge in [0.15, 0.2) is 0 Å². The Morgan fingerprint density at radius 3 is 2.55 bits per heavy atom. The first kappa shape index (κ1) is 17.1. The first-order valence-electron chi connectivity index (χ1n) is 7.27. The number of carbonyl (C=O) groups excluding carboxylic acids is 2. The van der Waals surface area contributed by atoms with Crippen LogP contribution in [0.5, 0.6) is 0 Å². The van der Waals surface area contributed by atoms with Crippen molar-refractivity contribution in [3.8, 4) is 0 Å². The minimum Gasteiger partial charge on any atom is -0.460 e. The molecule has 0 bridgehead atoms. The van der Waals surface area contributed by atoms with Crippen LogP contribution < -0.4 is 4.90 Å². The summed E-state index contributed by atoms with van der Waals surface area (Å²) in [5.41, 5.74) is 0.769. The quantitative estimate of drug-likeness (QED) is 0.608. The van der Waals surface area contributed by atoms with Crippen molar-refractivity contribution < 1.29 is 14.3 Å². The van der Waals surface area contributed by atoms with Crippen LogP contribution in [0.15, 0.2) is 30.3 Å². The van der Waals surface area contributed by atoms with Crippen molar-refractivity contribution in [2.45, 2.75) is 43.7 Å². The predicted octanol–water partition coefficient (Wildman–Crippen LogP) is 3.35. The van der Waals surface area contributed by atoms with Crippen LogP contribution in [-0.2, 0) is 14.3 Å². The van der Waals surface area contributed by atoms with Gasteiger partial charge in [0.2, 0.25) is 5.91 Å².